The molecule has 0 amide bonds. The molecule has 44 heavy (non-hydrogen) atoms. The highest BCUT2D eigenvalue weighted by Crippen LogP contribution is 2.42. The topological polar surface area (TPSA) is 119 Å². The van der Waals surface area contributed by atoms with Crippen LogP contribution in [-0.4, -0.2) is 39.9 Å². The lowest BCUT2D eigenvalue weighted by Crippen LogP contribution is -2.30. The van der Waals surface area contributed by atoms with E-state index in [0.717, 1.165) is 0 Å². The van der Waals surface area contributed by atoms with Crippen molar-refractivity contribution in [2.75, 3.05) is 0 Å². The molecule has 2 aliphatic rings. The molecule has 0 radical (unpaired) electrons. The largest absolute Gasteiger partial charge is 0.494 e. The Morgan fingerprint density at radius 3 is 1.20 bits per heavy atom. The first-order valence-electron chi connectivity index (χ1n) is 14.4. The second kappa shape index (κ2) is 11.1. The maximum absolute atomic E-state index is 13.7. The lowest BCUT2D eigenvalue weighted by Gasteiger charge is -2.15. The van der Waals surface area contributed by atoms with Gasteiger partial charge < -0.3 is 10.2 Å². The maximum atomic E-state index is 13.7. The van der Waals surface area contributed by atoms with E-state index in [-0.39, 0.29) is 32.4 Å². The highest BCUT2D eigenvalue weighted by atomic mass is 32.1. The molecule has 2 aromatic carbocycles. The zero-order chi connectivity index (χ0) is 31.4. The van der Waals surface area contributed by atoms with Gasteiger partial charge in [-0.3, -0.25) is 27.9 Å². The van der Waals surface area contributed by atoms with E-state index >= 15 is 0 Å². The van der Waals surface area contributed by atoms with Gasteiger partial charge in [-0.1, -0.05) is 48.5 Å². The van der Waals surface area contributed by atoms with Crippen molar-refractivity contribution in [3.8, 4) is 11.8 Å². The highest BCUT2D eigenvalue weighted by molar-refractivity contribution is 7.71. The van der Waals surface area contributed by atoms with Crippen LogP contribution in [0.15, 0.2) is 68.1 Å². The van der Waals surface area contributed by atoms with Gasteiger partial charge in [0, 0.05) is 48.4 Å². The van der Waals surface area contributed by atoms with E-state index < -0.39 is 11.1 Å². The number of fused-ring (bicyclic) bond motifs is 2. The number of rotatable bonds is 6. The molecule has 224 valence electrons. The van der Waals surface area contributed by atoms with Gasteiger partial charge >= 0.3 is 0 Å². The lowest BCUT2D eigenvalue weighted by atomic mass is 9.97. The van der Waals surface area contributed by atoms with E-state index in [1.54, 1.807) is 0 Å². The first kappa shape index (κ1) is 29.4. The quantitative estimate of drug-likeness (QED) is 0.288. The van der Waals surface area contributed by atoms with Crippen LogP contribution in [0, 0.1) is 9.54 Å². The van der Waals surface area contributed by atoms with Gasteiger partial charge in [0.25, 0.3) is 11.1 Å². The fourth-order valence-electron chi connectivity index (χ4n) is 5.92. The molecule has 0 aliphatic carbocycles. The maximum Gasteiger partial charge on any atom is 0.267 e. The van der Waals surface area contributed by atoms with E-state index in [4.69, 9.17) is 34.4 Å². The minimum atomic E-state index is -0.436. The summed E-state index contributed by atoms with van der Waals surface area (Å²) in [7, 11) is 0. The number of nitrogens with zero attached hydrogens (tertiary/aromatic N) is 6. The van der Waals surface area contributed by atoms with Crippen LogP contribution in [0.1, 0.15) is 61.1 Å². The molecule has 2 aromatic heterocycles. The third kappa shape index (κ3) is 4.12. The summed E-state index contributed by atoms with van der Waals surface area (Å²) in [6.45, 7) is 8.71. The molecule has 2 N–H and O–H groups in total. The Morgan fingerprint density at radius 1 is 0.568 bits per heavy atom. The van der Waals surface area contributed by atoms with Crippen molar-refractivity contribution < 1.29 is 10.2 Å². The van der Waals surface area contributed by atoms with Crippen LogP contribution in [0.25, 0.3) is 11.4 Å². The number of benzene rings is 2. The Balaban J connectivity index is 1.70. The van der Waals surface area contributed by atoms with Gasteiger partial charge in [-0.2, -0.15) is 0 Å². The molecule has 10 nitrogen and oxygen atoms in total. The number of hydrogen-bond acceptors (Lipinski definition) is 8. The number of aromatic nitrogens is 4. The van der Waals surface area contributed by atoms with Crippen molar-refractivity contribution in [2.24, 2.45) is 9.98 Å². The summed E-state index contributed by atoms with van der Waals surface area (Å²) < 4.78 is 6.38. The minimum Gasteiger partial charge on any atom is -0.494 e. The monoisotopic (exact) mass is 626 g/mol. The second-order valence-electron chi connectivity index (χ2n) is 10.3. The molecule has 6 rings (SSSR count). The fraction of sp³-hybridized carbons (Fsp3) is 0.250. The van der Waals surface area contributed by atoms with Crippen molar-refractivity contribution in [3.05, 3.63) is 112 Å². The van der Waals surface area contributed by atoms with Crippen LogP contribution >= 0.6 is 24.4 Å². The van der Waals surface area contributed by atoms with Gasteiger partial charge in [-0.05, 0) is 52.1 Å². The molecule has 0 fully saturated rings. The summed E-state index contributed by atoms with van der Waals surface area (Å²) in [5.74, 6) is -0.498. The Kier molecular flexibility index (Phi) is 7.42. The van der Waals surface area contributed by atoms with E-state index in [9.17, 15) is 19.8 Å². The van der Waals surface area contributed by atoms with Crippen molar-refractivity contribution >= 4 is 47.3 Å². The van der Waals surface area contributed by atoms with Gasteiger partial charge in [0.1, 0.15) is 11.1 Å². The van der Waals surface area contributed by atoms with Crippen LogP contribution < -0.4 is 11.1 Å². The Hall–Kier alpha value is -4.68. The van der Waals surface area contributed by atoms with Crippen LogP contribution in [0.3, 0.4) is 0 Å². The molecule has 4 heterocycles. The van der Waals surface area contributed by atoms with Gasteiger partial charge in [-0.15, -0.1) is 0 Å². The summed E-state index contributed by atoms with van der Waals surface area (Å²) >= 11 is 11.0. The summed E-state index contributed by atoms with van der Waals surface area (Å²) in [5.41, 5.74) is 3.53. The summed E-state index contributed by atoms with van der Waals surface area (Å²) in [4.78, 5) is 37.4. The summed E-state index contributed by atoms with van der Waals surface area (Å²) in [6, 6.07) is 14.9. The Morgan fingerprint density at radius 2 is 0.886 bits per heavy atom. The standard InChI is InChI=1S/C32H30N6O4S2/c1-5-35-27(39)21(28(40)36(6-2)31(35)43)23-17-13-9-11-15-19(17)25(33-23)26-20-16-12-10-14-18(20)24(34-26)22-29(41)37(7-3)32(44)38(8-4)30(22)42/h9-16,39,41H,5-8H2,1-4H3/b26-25+. The first-order valence-corrected chi connectivity index (χ1v) is 15.3. The second-order valence-corrected chi connectivity index (χ2v) is 11.0. The number of hydrogen-bond donors (Lipinski definition) is 2. The Bertz CT molecular complexity index is 2080. The van der Waals surface area contributed by atoms with Crippen LogP contribution in [0.2, 0.25) is 0 Å². The molecular formula is C32H30N6O4S2. The van der Waals surface area contributed by atoms with Crippen molar-refractivity contribution in [1.82, 2.24) is 18.3 Å². The molecule has 0 unspecified atom stereocenters. The van der Waals surface area contributed by atoms with Gasteiger partial charge in [0.15, 0.2) is 9.54 Å². The smallest absolute Gasteiger partial charge is 0.267 e. The molecular weight excluding hydrogens is 597 g/mol. The molecule has 0 bridgehead atoms. The Labute approximate surface area is 262 Å². The van der Waals surface area contributed by atoms with E-state index in [0.29, 0.717) is 71.3 Å². The van der Waals surface area contributed by atoms with E-state index in [2.05, 4.69) is 0 Å². The minimum absolute atomic E-state index is 0.0503. The van der Waals surface area contributed by atoms with Crippen LogP contribution in [-0.2, 0) is 26.2 Å². The molecule has 4 aromatic rings. The molecule has 0 atom stereocenters. The van der Waals surface area contributed by atoms with Crippen molar-refractivity contribution in [1.29, 1.82) is 0 Å². The van der Waals surface area contributed by atoms with Crippen LogP contribution in [0.4, 0.5) is 0 Å². The van der Waals surface area contributed by atoms with Crippen LogP contribution in [0.5, 0.6) is 11.8 Å². The molecule has 0 saturated carbocycles. The molecule has 0 saturated heterocycles. The van der Waals surface area contributed by atoms with E-state index in [1.165, 1.54) is 18.3 Å². The highest BCUT2D eigenvalue weighted by Gasteiger charge is 2.34. The number of aromatic hydroxyl groups is 2. The van der Waals surface area contributed by atoms with Crippen molar-refractivity contribution in [2.45, 2.75) is 53.9 Å². The summed E-state index contributed by atoms with van der Waals surface area (Å²) in [5, 5.41) is 22.6. The van der Waals surface area contributed by atoms with Gasteiger partial charge in [-0.25, -0.2) is 9.98 Å². The predicted octanol–water partition coefficient (Wildman–Crippen LogP) is 5.09. The normalized spacial score (nSPS) is 15.3. The van der Waals surface area contributed by atoms with Gasteiger partial charge in [0.2, 0.25) is 11.8 Å². The van der Waals surface area contributed by atoms with Crippen molar-refractivity contribution in [3.63, 3.8) is 0 Å². The third-order valence-electron chi connectivity index (χ3n) is 8.08. The average molecular weight is 627 g/mol. The number of aliphatic imine (C=N–C) groups is 2. The molecule has 0 spiro atoms. The average Bonchev–Trinajstić information content (AvgIpc) is 3.57. The fourth-order valence-corrected chi connectivity index (χ4v) is 6.77. The third-order valence-corrected chi connectivity index (χ3v) is 8.97. The zero-order valence-corrected chi connectivity index (χ0v) is 26.3. The predicted molar refractivity (Wildman–Crippen MR) is 176 cm³/mol. The lowest BCUT2D eigenvalue weighted by molar-refractivity contribution is 0.399. The summed E-state index contributed by atoms with van der Waals surface area (Å²) in [6.07, 6.45) is 0. The molecule has 12 heteroatoms. The van der Waals surface area contributed by atoms with E-state index in [1.807, 2.05) is 76.2 Å². The zero-order valence-electron chi connectivity index (χ0n) is 24.7. The SMILES string of the molecule is CCn1c(O)c(C2=N/C(=C3/N=C(c4c(O)n(CC)c(=S)n(CC)c4=O)c4ccccc43)c3ccccc32)c(=O)n(CC)c1=S. The first-order chi connectivity index (χ1) is 21.2. The van der Waals surface area contributed by atoms with Gasteiger partial charge in [0.05, 0.1) is 22.8 Å². The molecule has 2 aliphatic heterocycles.